The molecule has 1 N–H and O–H groups in total. The number of pyridine rings is 1. The number of anilines is 1. The molecule has 0 aliphatic rings. The highest BCUT2D eigenvalue weighted by Gasteiger charge is 2.17. The van der Waals surface area contributed by atoms with Crippen molar-refractivity contribution < 1.29 is 4.79 Å². The first-order valence-electron chi connectivity index (χ1n) is 10.6. The summed E-state index contributed by atoms with van der Waals surface area (Å²) in [6.07, 6.45) is 0. The van der Waals surface area contributed by atoms with E-state index < -0.39 is 0 Å². The second-order valence-electron chi connectivity index (χ2n) is 7.73. The van der Waals surface area contributed by atoms with E-state index in [1.54, 1.807) is 0 Å². The number of nitrogens with zero attached hydrogens (tertiary/aromatic N) is 2. The van der Waals surface area contributed by atoms with E-state index in [0.717, 1.165) is 39.2 Å². The summed E-state index contributed by atoms with van der Waals surface area (Å²) in [6.45, 7) is 3.99. The average Bonchev–Trinajstić information content (AvgIpc) is 2.84. The van der Waals surface area contributed by atoms with Gasteiger partial charge >= 0.3 is 0 Å². The van der Waals surface area contributed by atoms with Crippen molar-refractivity contribution >= 4 is 23.4 Å². The molecule has 3 aromatic carbocycles. The van der Waals surface area contributed by atoms with Gasteiger partial charge < -0.3 is 5.32 Å². The molecule has 0 saturated carbocycles. The second-order valence-corrected chi connectivity index (χ2v) is 8.69. The van der Waals surface area contributed by atoms with Crippen LogP contribution in [0.15, 0.2) is 90.0 Å². The van der Waals surface area contributed by atoms with Gasteiger partial charge in [0, 0.05) is 16.8 Å². The van der Waals surface area contributed by atoms with Crippen molar-refractivity contribution in [1.82, 2.24) is 4.98 Å². The zero-order valence-corrected chi connectivity index (χ0v) is 19.3. The molecule has 0 aliphatic carbocycles. The highest BCUT2D eigenvalue weighted by atomic mass is 32.2. The van der Waals surface area contributed by atoms with E-state index in [1.165, 1.54) is 11.8 Å². The van der Waals surface area contributed by atoms with E-state index in [4.69, 9.17) is 4.98 Å². The number of rotatable bonds is 6. The van der Waals surface area contributed by atoms with Crippen molar-refractivity contribution in [3.8, 4) is 28.5 Å². The molecule has 0 unspecified atom stereocenters. The molecule has 4 rings (SSSR count). The summed E-state index contributed by atoms with van der Waals surface area (Å²) in [5.74, 6) is 0.0173. The number of thioether (sulfide) groups is 1. The minimum Gasteiger partial charge on any atom is -0.325 e. The summed E-state index contributed by atoms with van der Waals surface area (Å²) in [6, 6.07) is 29.9. The molecule has 0 atom stereocenters. The van der Waals surface area contributed by atoms with E-state index in [-0.39, 0.29) is 11.7 Å². The number of aryl methyl sites for hydroxylation is 2. The van der Waals surface area contributed by atoms with Crippen molar-refractivity contribution in [3.63, 3.8) is 0 Å². The Balaban J connectivity index is 1.69. The molecule has 4 nitrogen and oxygen atoms in total. The fourth-order valence-corrected chi connectivity index (χ4v) is 4.29. The Morgan fingerprint density at radius 2 is 1.64 bits per heavy atom. The second kappa shape index (κ2) is 10.2. The van der Waals surface area contributed by atoms with Gasteiger partial charge in [-0.1, -0.05) is 90.1 Å². The Labute approximate surface area is 198 Å². The standard InChI is InChI=1S/C28H23N3OS/c1-19-12-14-21(15-13-19)23-16-26(22-9-4-3-5-10-22)31-28(24(23)17-29)33-18-27(32)30-25-11-7-6-8-20(25)2/h3-16H,18H2,1-2H3,(H,30,32). The van der Waals surface area contributed by atoms with Gasteiger partial charge in [-0.2, -0.15) is 5.26 Å². The lowest BCUT2D eigenvalue weighted by atomic mass is 9.98. The SMILES string of the molecule is Cc1ccc(-c2cc(-c3ccccc3)nc(SCC(=O)Nc3ccccc3C)c2C#N)cc1. The van der Waals surface area contributed by atoms with Crippen LogP contribution in [-0.2, 0) is 4.79 Å². The monoisotopic (exact) mass is 449 g/mol. The van der Waals surface area contributed by atoms with Crippen LogP contribution >= 0.6 is 11.8 Å². The van der Waals surface area contributed by atoms with Crippen LogP contribution in [0.3, 0.4) is 0 Å². The van der Waals surface area contributed by atoms with Crippen LogP contribution in [0, 0.1) is 25.2 Å². The third-order valence-electron chi connectivity index (χ3n) is 5.29. The number of hydrogen-bond donors (Lipinski definition) is 1. The van der Waals surface area contributed by atoms with E-state index in [1.807, 2.05) is 98.8 Å². The Hall–Kier alpha value is -3.88. The van der Waals surface area contributed by atoms with Gasteiger partial charge in [-0.15, -0.1) is 0 Å². The summed E-state index contributed by atoms with van der Waals surface area (Å²) in [5.41, 5.74) is 6.91. The van der Waals surface area contributed by atoms with Gasteiger partial charge in [-0.25, -0.2) is 4.98 Å². The molecule has 0 saturated heterocycles. The number of amides is 1. The molecule has 162 valence electrons. The first-order chi connectivity index (χ1) is 16.0. The minimum atomic E-state index is -0.137. The van der Waals surface area contributed by atoms with Gasteiger partial charge in [0.05, 0.1) is 17.0 Å². The zero-order valence-electron chi connectivity index (χ0n) is 18.5. The molecule has 0 spiro atoms. The third kappa shape index (κ3) is 5.31. The maximum Gasteiger partial charge on any atom is 0.234 e. The first kappa shape index (κ1) is 22.3. The normalized spacial score (nSPS) is 10.5. The lowest BCUT2D eigenvalue weighted by Gasteiger charge is -2.13. The van der Waals surface area contributed by atoms with Crippen LogP contribution < -0.4 is 5.32 Å². The number of aromatic nitrogens is 1. The molecule has 0 fully saturated rings. The molecule has 0 radical (unpaired) electrons. The largest absolute Gasteiger partial charge is 0.325 e. The van der Waals surface area contributed by atoms with Crippen LogP contribution in [0.2, 0.25) is 0 Å². The maximum atomic E-state index is 12.6. The zero-order chi connectivity index (χ0) is 23.2. The summed E-state index contributed by atoms with van der Waals surface area (Å²) in [5, 5.41) is 13.5. The third-order valence-corrected chi connectivity index (χ3v) is 6.26. The Kier molecular flexibility index (Phi) is 6.87. The molecule has 1 amide bonds. The van der Waals surface area contributed by atoms with Crippen LogP contribution in [0.4, 0.5) is 5.69 Å². The Morgan fingerprint density at radius 1 is 0.939 bits per heavy atom. The molecule has 33 heavy (non-hydrogen) atoms. The topological polar surface area (TPSA) is 65.8 Å². The first-order valence-corrected chi connectivity index (χ1v) is 11.6. The summed E-state index contributed by atoms with van der Waals surface area (Å²) in [7, 11) is 0. The van der Waals surface area contributed by atoms with Crippen molar-refractivity contribution in [2.24, 2.45) is 0 Å². The van der Waals surface area contributed by atoms with Crippen LogP contribution in [0.5, 0.6) is 0 Å². The number of para-hydroxylation sites is 1. The van der Waals surface area contributed by atoms with Gasteiger partial charge in [0.15, 0.2) is 0 Å². The van der Waals surface area contributed by atoms with Crippen molar-refractivity contribution in [3.05, 3.63) is 102 Å². The molecular weight excluding hydrogens is 426 g/mol. The van der Waals surface area contributed by atoms with Gasteiger partial charge in [-0.05, 0) is 37.1 Å². The fraction of sp³-hybridized carbons (Fsp3) is 0.107. The van der Waals surface area contributed by atoms with E-state index in [0.29, 0.717) is 10.6 Å². The smallest absolute Gasteiger partial charge is 0.234 e. The predicted octanol–water partition coefficient (Wildman–Crippen LogP) is 6.63. The molecular formula is C28H23N3OS. The minimum absolute atomic E-state index is 0.137. The number of nitriles is 1. The van der Waals surface area contributed by atoms with Crippen molar-refractivity contribution in [2.45, 2.75) is 18.9 Å². The van der Waals surface area contributed by atoms with Crippen LogP contribution in [0.25, 0.3) is 22.4 Å². The van der Waals surface area contributed by atoms with E-state index in [2.05, 4.69) is 11.4 Å². The fourth-order valence-electron chi connectivity index (χ4n) is 3.49. The maximum absolute atomic E-state index is 12.6. The molecule has 0 bridgehead atoms. The van der Waals surface area contributed by atoms with Crippen molar-refractivity contribution in [1.29, 1.82) is 5.26 Å². The highest BCUT2D eigenvalue weighted by molar-refractivity contribution is 8.00. The van der Waals surface area contributed by atoms with Gasteiger partial charge in [0.2, 0.25) is 5.91 Å². The number of carbonyl (C=O) groups excluding carboxylic acids is 1. The quantitative estimate of drug-likeness (QED) is 0.335. The van der Waals surface area contributed by atoms with Gasteiger partial charge in [-0.3, -0.25) is 4.79 Å². The van der Waals surface area contributed by atoms with Crippen LogP contribution in [-0.4, -0.2) is 16.6 Å². The van der Waals surface area contributed by atoms with Crippen LogP contribution in [0.1, 0.15) is 16.7 Å². The average molecular weight is 450 g/mol. The Bertz CT molecular complexity index is 1330. The van der Waals surface area contributed by atoms with E-state index in [9.17, 15) is 10.1 Å². The van der Waals surface area contributed by atoms with Crippen molar-refractivity contribution in [2.75, 3.05) is 11.1 Å². The Morgan fingerprint density at radius 3 is 2.33 bits per heavy atom. The molecule has 5 heteroatoms. The summed E-state index contributed by atoms with van der Waals surface area (Å²) in [4.78, 5) is 17.4. The lowest BCUT2D eigenvalue weighted by Crippen LogP contribution is -2.15. The molecule has 1 heterocycles. The summed E-state index contributed by atoms with van der Waals surface area (Å²) >= 11 is 1.28. The van der Waals surface area contributed by atoms with Gasteiger partial charge in [0.25, 0.3) is 0 Å². The summed E-state index contributed by atoms with van der Waals surface area (Å²) < 4.78 is 0. The molecule has 0 aliphatic heterocycles. The van der Waals surface area contributed by atoms with E-state index >= 15 is 0 Å². The number of carbonyl (C=O) groups is 1. The number of nitrogens with one attached hydrogen (secondary N) is 1. The molecule has 4 aromatic rings. The molecule has 1 aromatic heterocycles. The lowest BCUT2D eigenvalue weighted by molar-refractivity contribution is -0.113. The number of benzene rings is 3. The number of hydrogen-bond acceptors (Lipinski definition) is 4. The van der Waals surface area contributed by atoms with Gasteiger partial charge in [0.1, 0.15) is 11.1 Å². The highest BCUT2D eigenvalue weighted by Crippen LogP contribution is 2.34. The predicted molar refractivity (Wildman–Crippen MR) is 135 cm³/mol.